The fraction of sp³-hybridized carbons (Fsp3) is 0.600. The van der Waals surface area contributed by atoms with Gasteiger partial charge in [0.1, 0.15) is 0 Å². The highest BCUT2D eigenvalue weighted by atomic mass is 31.2. The van der Waals surface area contributed by atoms with Gasteiger partial charge in [0, 0.05) is 13.3 Å². The Balaban J connectivity index is -0.000000131. The lowest BCUT2D eigenvalue weighted by Gasteiger charge is -1.82. The average Bonchev–Trinajstić information content (AvgIpc) is 1.82. The van der Waals surface area contributed by atoms with Crippen molar-refractivity contribution in [2.45, 2.75) is 20.3 Å². The Labute approximate surface area is 80.1 Å². The van der Waals surface area contributed by atoms with Crippen LogP contribution in [0.5, 0.6) is 0 Å². The number of aliphatic carboxylic acids is 2. The second kappa shape index (κ2) is 10.1. The molecule has 0 heterocycles. The van der Waals surface area contributed by atoms with Crippen molar-refractivity contribution in [2.24, 2.45) is 0 Å². The van der Waals surface area contributed by atoms with Crippen LogP contribution in [0, 0.1) is 0 Å². The minimum atomic E-state index is -4.64. The molecule has 0 rings (SSSR count). The SMILES string of the molecule is CC(=O)O.CCC(=O)O.O=P(O)(O)O. The molecule has 0 aromatic carbocycles. The predicted molar refractivity (Wildman–Crippen MR) is 45.5 cm³/mol. The molecule has 0 radical (unpaired) electrons. The van der Waals surface area contributed by atoms with Crippen molar-refractivity contribution in [3.8, 4) is 0 Å². The van der Waals surface area contributed by atoms with E-state index in [9.17, 15) is 4.79 Å². The average molecular weight is 232 g/mol. The van der Waals surface area contributed by atoms with Crippen molar-refractivity contribution in [3.63, 3.8) is 0 Å². The first-order valence-corrected chi connectivity index (χ1v) is 4.76. The normalized spacial score (nSPS) is 8.64. The zero-order valence-corrected chi connectivity index (χ0v) is 8.51. The van der Waals surface area contributed by atoms with E-state index in [0.717, 1.165) is 6.92 Å². The highest BCUT2D eigenvalue weighted by molar-refractivity contribution is 7.45. The summed E-state index contributed by atoms with van der Waals surface area (Å²) < 4.78 is 8.88. The van der Waals surface area contributed by atoms with E-state index in [1.807, 2.05) is 0 Å². The van der Waals surface area contributed by atoms with E-state index in [-0.39, 0.29) is 6.42 Å². The lowest BCUT2D eigenvalue weighted by atomic mass is 10.5. The van der Waals surface area contributed by atoms with Crippen molar-refractivity contribution in [2.75, 3.05) is 0 Å². The van der Waals surface area contributed by atoms with Crippen LogP contribution >= 0.6 is 7.82 Å². The second-order valence-electron chi connectivity index (χ2n) is 1.78. The van der Waals surface area contributed by atoms with Gasteiger partial charge < -0.3 is 24.9 Å². The molecule has 0 saturated carbocycles. The molecular formula is C5H13O8P. The Morgan fingerprint density at radius 1 is 1.14 bits per heavy atom. The Bertz CT molecular complexity index is 194. The molecule has 0 bridgehead atoms. The number of hydrogen-bond donors (Lipinski definition) is 5. The van der Waals surface area contributed by atoms with Crippen LogP contribution in [0.25, 0.3) is 0 Å². The molecule has 0 aromatic heterocycles. The molecule has 0 aliphatic carbocycles. The third-order valence-corrected chi connectivity index (χ3v) is 0.302. The fourth-order valence-corrected chi connectivity index (χ4v) is 0. The number of carboxylic acid groups (broad SMARTS) is 2. The predicted octanol–water partition coefficient (Wildman–Crippen LogP) is -0.357. The van der Waals surface area contributed by atoms with E-state index in [0.29, 0.717) is 0 Å². The van der Waals surface area contributed by atoms with Crippen LogP contribution in [-0.4, -0.2) is 36.8 Å². The van der Waals surface area contributed by atoms with Crippen molar-refractivity contribution < 1.29 is 39.0 Å². The standard InChI is InChI=1S/C3H6O2.C2H4O2.H3O4P/c1-2-3(4)5;1-2(3)4;1-5(2,3)4/h2H2,1H3,(H,4,5);1H3,(H,3,4);(H3,1,2,3,4). The Hall–Kier alpha value is -0.950. The van der Waals surface area contributed by atoms with Gasteiger partial charge in [0.2, 0.25) is 0 Å². The number of rotatable bonds is 1. The van der Waals surface area contributed by atoms with E-state index < -0.39 is 19.8 Å². The Morgan fingerprint density at radius 2 is 1.21 bits per heavy atom. The van der Waals surface area contributed by atoms with Gasteiger partial charge in [-0.1, -0.05) is 6.92 Å². The maximum absolute atomic E-state index is 9.37. The maximum atomic E-state index is 9.37. The zero-order chi connectivity index (χ0) is 12.4. The monoisotopic (exact) mass is 232 g/mol. The first kappa shape index (κ1) is 18.8. The molecule has 0 aromatic rings. The number of carbonyl (C=O) groups is 2. The summed E-state index contributed by atoms with van der Waals surface area (Å²) in [5.74, 6) is -1.58. The van der Waals surface area contributed by atoms with Crippen molar-refractivity contribution in [1.82, 2.24) is 0 Å². The Morgan fingerprint density at radius 3 is 1.21 bits per heavy atom. The van der Waals surface area contributed by atoms with Gasteiger partial charge in [-0.15, -0.1) is 0 Å². The summed E-state index contributed by atoms with van der Waals surface area (Å²) in [6.07, 6.45) is 0.222. The van der Waals surface area contributed by atoms with Crippen LogP contribution in [0.15, 0.2) is 0 Å². The Kier molecular flexibility index (Phi) is 13.6. The summed E-state index contributed by atoms with van der Waals surface area (Å²) in [5, 5.41) is 15.1. The van der Waals surface area contributed by atoms with E-state index in [1.165, 1.54) is 0 Å². The van der Waals surface area contributed by atoms with Crippen molar-refractivity contribution in [1.29, 1.82) is 0 Å². The van der Waals surface area contributed by atoms with Crippen molar-refractivity contribution in [3.05, 3.63) is 0 Å². The van der Waals surface area contributed by atoms with Gasteiger partial charge in [0.25, 0.3) is 5.97 Å². The topological polar surface area (TPSA) is 152 Å². The third-order valence-electron chi connectivity index (χ3n) is 0.302. The quantitative estimate of drug-likeness (QED) is 0.384. The maximum Gasteiger partial charge on any atom is 0.466 e. The molecule has 0 saturated heterocycles. The van der Waals surface area contributed by atoms with E-state index in [2.05, 4.69) is 0 Å². The first-order chi connectivity index (χ1) is 6.00. The smallest absolute Gasteiger partial charge is 0.466 e. The van der Waals surface area contributed by atoms with Gasteiger partial charge >= 0.3 is 13.8 Å². The van der Waals surface area contributed by atoms with Crippen LogP contribution in [0.1, 0.15) is 20.3 Å². The van der Waals surface area contributed by atoms with E-state index >= 15 is 0 Å². The highest BCUT2D eigenvalue weighted by Gasteiger charge is 2.00. The van der Waals surface area contributed by atoms with Gasteiger partial charge in [0.15, 0.2) is 0 Å². The summed E-state index contributed by atoms with van der Waals surface area (Å²) in [6, 6.07) is 0. The third kappa shape index (κ3) is 1010. The molecule has 86 valence electrons. The second-order valence-corrected chi connectivity index (χ2v) is 2.81. The molecule has 14 heavy (non-hydrogen) atoms. The number of phosphoric acid groups is 1. The highest BCUT2D eigenvalue weighted by Crippen LogP contribution is 2.25. The minimum Gasteiger partial charge on any atom is -0.481 e. The molecule has 8 nitrogen and oxygen atoms in total. The minimum absolute atomic E-state index is 0.222. The van der Waals surface area contributed by atoms with Gasteiger partial charge in [-0.25, -0.2) is 4.57 Å². The van der Waals surface area contributed by atoms with Crippen LogP contribution < -0.4 is 0 Å². The van der Waals surface area contributed by atoms with Crippen LogP contribution in [-0.2, 0) is 14.2 Å². The largest absolute Gasteiger partial charge is 0.481 e. The number of carboxylic acids is 2. The van der Waals surface area contributed by atoms with Crippen LogP contribution in [0.4, 0.5) is 0 Å². The summed E-state index contributed by atoms with van der Waals surface area (Å²) in [4.78, 5) is 39.9. The summed E-state index contributed by atoms with van der Waals surface area (Å²) in [7, 11) is -4.64. The lowest BCUT2D eigenvalue weighted by Crippen LogP contribution is -1.86. The molecule has 0 amide bonds. The first-order valence-electron chi connectivity index (χ1n) is 3.20. The molecule has 0 spiro atoms. The molecule has 5 N–H and O–H groups in total. The van der Waals surface area contributed by atoms with Gasteiger partial charge in [-0.05, 0) is 0 Å². The van der Waals surface area contributed by atoms with Crippen molar-refractivity contribution >= 4 is 19.8 Å². The van der Waals surface area contributed by atoms with Gasteiger partial charge in [-0.2, -0.15) is 0 Å². The van der Waals surface area contributed by atoms with Crippen LogP contribution in [0.2, 0.25) is 0 Å². The molecular weight excluding hydrogens is 219 g/mol. The number of hydrogen-bond acceptors (Lipinski definition) is 3. The molecule has 9 heteroatoms. The van der Waals surface area contributed by atoms with E-state index in [1.54, 1.807) is 6.92 Å². The molecule has 0 aliphatic rings. The van der Waals surface area contributed by atoms with Gasteiger partial charge in [0.05, 0.1) is 0 Å². The van der Waals surface area contributed by atoms with E-state index in [4.69, 9.17) is 34.3 Å². The zero-order valence-electron chi connectivity index (χ0n) is 7.62. The lowest BCUT2D eigenvalue weighted by molar-refractivity contribution is -0.137. The summed E-state index contributed by atoms with van der Waals surface area (Å²) in [5.41, 5.74) is 0. The molecule has 0 unspecified atom stereocenters. The molecule has 0 aliphatic heterocycles. The van der Waals surface area contributed by atoms with Crippen LogP contribution in [0.3, 0.4) is 0 Å². The summed E-state index contributed by atoms with van der Waals surface area (Å²) in [6.45, 7) is 2.68. The molecule has 0 atom stereocenters. The van der Waals surface area contributed by atoms with Gasteiger partial charge in [-0.3, -0.25) is 9.59 Å². The fourth-order valence-electron chi connectivity index (χ4n) is 0. The summed E-state index contributed by atoms with van der Waals surface area (Å²) >= 11 is 0. The molecule has 0 fully saturated rings.